The lowest BCUT2D eigenvalue weighted by atomic mass is 9.95. The molecule has 2 rings (SSSR count). The Bertz CT molecular complexity index is 466. The molecule has 3 nitrogen and oxygen atoms in total. The van der Waals surface area contributed by atoms with Gasteiger partial charge in [-0.05, 0) is 42.9 Å². The van der Waals surface area contributed by atoms with Crippen LogP contribution in [0.3, 0.4) is 0 Å². The molecule has 0 aliphatic carbocycles. The van der Waals surface area contributed by atoms with Gasteiger partial charge >= 0.3 is 0 Å². The fourth-order valence-corrected chi connectivity index (χ4v) is 3.15. The Hall–Kier alpha value is -0.770. The van der Waals surface area contributed by atoms with E-state index >= 15 is 0 Å². The molecule has 0 aromatic heterocycles. The van der Waals surface area contributed by atoms with E-state index in [1.807, 2.05) is 0 Å². The zero-order valence-electron chi connectivity index (χ0n) is 13.3. The molecule has 118 valence electrons. The van der Waals surface area contributed by atoms with Crippen molar-refractivity contribution in [1.29, 1.82) is 0 Å². The van der Waals surface area contributed by atoms with E-state index in [-0.39, 0.29) is 6.04 Å². The smallest absolute Gasteiger partial charge is 0.0772 e. The lowest BCUT2D eigenvalue weighted by molar-refractivity contribution is 0.0498. The van der Waals surface area contributed by atoms with Crippen LogP contribution in [0.5, 0.6) is 0 Å². The quantitative estimate of drug-likeness (QED) is 0.905. The van der Waals surface area contributed by atoms with Crippen molar-refractivity contribution in [2.75, 3.05) is 25.1 Å². The van der Waals surface area contributed by atoms with Crippen molar-refractivity contribution < 1.29 is 4.74 Å². The Kier molecular flexibility index (Phi) is 5.91. The lowest BCUT2D eigenvalue weighted by Crippen LogP contribution is -2.43. The van der Waals surface area contributed by atoms with Gasteiger partial charge in [0.1, 0.15) is 0 Å². The highest BCUT2D eigenvalue weighted by molar-refractivity contribution is 6.31. The van der Waals surface area contributed by atoms with Crippen molar-refractivity contribution in [2.45, 2.75) is 45.3 Å². The first kappa shape index (κ1) is 16.6. The van der Waals surface area contributed by atoms with E-state index in [0.29, 0.717) is 12.0 Å². The summed E-state index contributed by atoms with van der Waals surface area (Å²) in [6.07, 6.45) is 3.26. The summed E-state index contributed by atoms with van der Waals surface area (Å²) in [6, 6.07) is 6.53. The number of hydrogen-bond donors (Lipinski definition) is 1. The van der Waals surface area contributed by atoms with Gasteiger partial charge in [0.05, 0.1) is 6.10 Å². The van der Waals surface area contributed by atoms with E-state index in [1.54, 1.807) is 7.11 Å². The average Bonchev–Trinajstić information content (AvgIpc) is 2.49. The zero-order chi connectivity index (χ0) is 15.4. The summed E-state index contributed by atoms with van der Waals surface area (Å²) in [5.74, 6) is 0.614. The number of benzene rings is 1. The molecule has 0 amide bonds. The average molecular weight is 311 g/mol. The van der Waals surface area contributed by atoms with Crippen LogP contribution in [0.1, 0.15) is 32.3 Å². The van der Waals surface area contributed by atoms with Crippen LogP contribution in [0.2, 0.25) is 5.02 Å². The number of methoxy groups -OCH3 is 1. The second-order valence-electron chi connectivity index (χ2n) is 6.13. The summed E-state index contributed by atoms with van der Waals surface area (Å²) < 4.78 is 5.59. The van der Waals surface area contributed by atoms with Crippen molar-refractivity contribution in [2.24, 2.45) is 11.7 Å². The molecule has 1 aliphatic rings. The minimum atomic E-state index is 0.182. The minimum absolute atomic E-state index is 0.182. The summed E-state index contributed by atoms with van der Waals surface area (Å²) in [7, 11) is 1.80. The topological polar surface area (TPSA) is 38.5 Å². The zero-order valence-corrected chi connectivity index (χ0v) is 14.1. The van der Waals surface area contributed by atoms with Gasteiger partial charge in [-0.1, -0.05) is 31.5 Å². The largest absolute Gasteiger partial charge is 0.379 e. The summed E-state index contributed by atoms with van der Waals surface area (Å²) in [6.45, 7) is 6.35. The molecule has 1 aromatic rings. The van der Waals surface area contributed by atoms with Crippen LogP contribution in [-0.4, -0.2) is 32.3 Å². The van der Waals surface area contributed by atoms with Crippen LogP contribution in [0, 0.1) is 5.92 Å². The van der Waals surface area contributed by atoms with Crippen LogP contribution in [0.25, 0.3) is 0 Å². The highest BCUT2D eigenvalue weighted by atomic mass is 35.5. The molecule has 3 atom stereocenters. The standard InChI is InChI=1S/C17H27ClN2O/c1-4-14(19)9-13-5-6-15(10-16(13)18)20-8-7-12(2)17(11-20)21-3/h5-6,10,12,14,17H,4,7-9,11,19H2,1-3H3. The number of piperidine rings is 1. The molecule has 0 spiro atoms. The van der Waals surface area contributed by atoms with E-state index < -0.39 is 0 Å². The van der Waals surface area contributed by atoms with Crippen LogP contribution < -0.4 is 10.6 Å². The van der Waals surface area contributed by atoms with Gasteiger partial charge in [-0.25, -0.2) is 0 Å². The number of ether oxygens (including phenoxy) is 1. The first-order valence-corrected chi connectivity index (χ1v) is 8.24. The second kappa shape index (κ2) is 7.48. The summed E-state index contributed by atoms with van der Waals surface area (Å²) in [5, 5.41) is 0.823. The molecule has 3 unspecified atom stereocenters. The second-order valence-corrected chi connectivity index (χ2v) is 6.54. The lowest BCUT2D eigenvalue weighted by Gasteiger charge is -2.37. The number of nitrogens with two attached hydrogens (primary N) is 1. The third-order valence-corrected chi connectivity index (χ3v) is 4.95. The third kappa shape index (κ3) is 4.12. The molecule has 0 bridgehead atoms. The molecule has 1 aliphatic heterocycles. The van der Waals surface area contributed by atoms with Crippen molar-refractivity contribution >= 4 is 17.3 Å². The molecular weight excluding hydrogens is 284 g/mol. The minimum Gasteiger partial charge on any atom is -0.379 e. The third-order valence-electron chi connectivity index (χ3n) is 4.60. The molecule has 1 heterocycles. The van der Waals surface area contributed by atoms with Crippen molar-refractivity contribution in [3.05, 3.63) is 28.8 Å². The molecule has 0 radical (unpaired) electrons. The summed E-state index contributed by atoms with van der Waals surface area (Å²) in [4.78, 5) is 2.36. The Morgan fingerprint density at radius 3 is 2.86 bits per heavy atom. The Morgan fingerprint density at radius 1 is 1.48 bits per heavy atom. The van der Waals surface area contributed by atoms with Gasteiger partial charge in [-0.3, -0.25) is 0 Å². The Morgan fingerprint density at radius 2 is 2.24 bits per heavy atom. The monoisotopic (exact) mass is 310 g/mol. The van der Waals surface area contributed by atoms with Gasteiger partial charge in [-0.2, -0.15) is 0 Å². The van der Waals surface area contributed by atoms with E-state index in [9.17, 15) is 0 Å². The maximum atomic E-state index is 6.44. The number of rotatable bonds is 5. The number of nitrogens with zero attached hydrogens (tertiary/aromatic N) is 1. The highest BCUT2D eigenvalue weighted by Crippen LogP contribution is 2.29. The van der Waals surface area contributed by atoms with Crippen molar-refractivity contribution in [3.8, 4) is 0 Å². The number of anilines is 1. The predicted molar refractivity (Wildman–Crippen MR) is 90.2 cm³/mol. The maximum Gasteiger partial charge on any atom is 0.0772 e. The molecule has 1 saturated heterocycles. The number of halogens is 1. The maximum absolute atomic E-state index is 6.44. The van der Waals surface area contributed by atoms with Crippen LogP contribution in [0.4, 0.5) is 5.69 Å². The first-order chi connectivity index (χ1) is 10.0. The predicted octanol–water partition coefficient (Wildman–Crippen LogP) is 3.48. The van der Waals surface area contributed by atoms with E-state index in [4.69, 9.17) is 22.1 Å². The van der Waals surface area contributed by atoms with Crippen LogP contribution >= 0.6 is 11.6 Å². The molecule has 1 fully saturated rings. The summed E-state index contributed by atoms with van der Waals surface area (Å²) in [5.41, 5.74) is 8.35. The van der Waals surface area contributed by atoms with Crippen molar-refractivity contribution in [1.82, 2.24) is 0 Å². The summed E-state index contributed by atoms with van der Waals surface area (Å²) >= 11 is 6.44. The SMILES string of the molecule is CCC(N)Cc1ccc(N2CCC(C)C(OC)C2)cc1Cl. The first-order valence-electron chi connectivity index (χ1n) is 7.86. The van der Waals surface area contributed by atoms with Gasteiger partial charge in [0.25, 0.3) is 0 Å². The van der Waals surface area contributed by atoms with Crippen LogP contribution in [0.15, 0.2) is 18.2 Å². The Labute approximate surface area is 133 Å². The highest BCUT2D eigenvalue weighted by Gasteiger charge is 2.26. The fraction of sp³-hybridized carbons (Fsp3) is 0.647. The van der Waals surface area contributed by atoms with Crippen LogP contribution in [-0.2, 0) is 11.2 Å². The van der Waals surface area contributed by atoms with Crippen molar-refractivity contribution in [3.63, 3.8) is 0 Å². The molecule has 21 heavy (non-hydrogen) atoms. The molecule has 0 saturated carbocycles. The van der Waals surface area contributed by atoms with E-state index in [2.05, 4.69) is 36.9 Å². The Balaban J connectivity index is 2.09. The van der Waals surface area contributed by atoms with Gasteiger partial charge in [0, 0.05) is 37.0 Å². The fourth-order valence-electron chi connectivity index (χ4n) is 2.90. The van der Waals surface area contributed by atoms with Gasteiger partial charge < -0.3 is 15.4 Å². The number of hydrogen-bond acceptors (Lipinski definition) is 3. The van der Waals surface area contributed by atoms with Gasteiger partial charge in [0.15, 0.2) is 0 Å². The molecule has 4 heteroatoms. The van der Waals surface area contributed by atoms with E-state index in [0.717, 1.165) is 42.9 Å². The van der Waals surface area contributed by atoms with Gasteiger partial charge in [-0.15, -0.1) is 0 Å². The normalized spacial score (nSPS) is 24.1. The molecule has 2 N–H and O–H groups in total. The molecular formula is C17H27ClN2O. The van der Waals surface area contributed by atoms with Gasteiger partial charge in [0.2, 0.25) is 0 Å². The van der Waals surface area contributed by atoms with E-state index in [1.165, 1.54) is 5.69 Å². The molecule has 1 aromatic carbocycles.